The molecule has 0 fully saturated rings. The summed E-state index contributed by atoms with van der Waals surface area (Å²) >= 11 is 6.59. The molecule has 0 saturated carbocycles. The molecule has 0 saturated heterocycles. The normalized spacial score (nSPS) is 15.0. The average molecular weight is 437 g/mol. The van der Waals surface area contributed by atoms with E-state index < -0.39 is 0 Å². The van der Waals surface area contributed by atoms with E-state index in [-0.39, 0.29) is 6.10 Å². The van der Waals surface area contributed by atoms with Gasteiger partial charge in [-0.2, -0.15) is 0 Å². The van der Waals surface area contributed by atoms with E-state index in [1.807, 2.05) is 68.3 Å². The number of hydrazine groups is 1. The molecule has 0 spiro atoms. The van der Waals surface area contributed by atoms with Gasteiger partial charge in [0.25, 0.3) is 0 Å². The second kappa shape index (κ2) is 8.47. The molecule has 0 aromatic heterocycles. The van der Waals surface area contributed by atoms with Gasteiger partial charge in [0.15, 0.2) is 17.3 Å². The number of methoxy groups -OCH3 is 1. The van der Waals surface area contributed by atoms with Crippen LogP contribution in [0.25, 0.3) is 0 Å². The number of nitrogens with zero attached hydrogens (tertiary/aromatic N) is 3. The van der Waals surface area contributed by atoms with Crippen molar-refractivity contribution in [1.29, 1.82) is 0 Å². The van der Waals surface area contributed by atoms with Gasteiger partial charge in [-0.3, -0.25) is 10.4 Å². The first-order chi connectivity index (χ1) is 14.9. The zero-order valence-electron chi connectivity index (χ0n) is 18.1. The number of rotatable bonds is 6. The second-order valence-corrected chi connectivity index (χ2v) is 7.95. The highest BCUT2D eigenvalue weighted by atomic mass is 35.5. The van der Waals surface area contributed by atoms with Crippen molar-refractivity contribution in [1.82, 2.24) is 10.4 Å². The van der Waals surface area contributed by atoms with Crippen LogP contribution in [0.15, 0.2) is 70.4 Å². The van der Waals surface area contributed by atoms with Crippen molar-refractivity contribution in [3.05, 3.63) is 76.6 Å². The van der Waals surface area contributed by atoms with E-state index >= 15 is 0 Å². The molecule has 7 heteroatoms. The van der Waals surface area contributed by atoms with Gasteiger partial charge in [-0.1, -0.05) is 35.9 Å². The van der Waals surface area contributed by atoms with Crippen molar-refractivity contribution in [3.63, 3.8) is 0 Å². The van der Waals surface area contributed by atoms with E-state index in [4.69, 9.17) is 31.1 Å². The Kier molecular flexibility index (Phi) is 5.74. The third-order valence-corrected chi connectivity index (χ3v) is 5.25. The molecule has 1 N–H and O–H groups in total. The lowest BCUT2D eigenvalue weighted by molar-refractivity contribution is 0.230. The highest BCUT2D eigenvalue weighted by molar-refractivity contribution is 6.36. The molecular formula is C24H25ClN4O2. The van der Waals surface area contributed by atoms with E-state index in [0.717, 1.165) is 39.8 Å². The second-order valence-electron chi connectivity index (χ2n) is 7.55. The Labute approximate surface area is 187 Å². The van der Waals surface area contributed by atoms with Crippen LogP contribution >= 0.6 is 11.6 Å². The maximum Gasteiger partial charge on any atom is 0.176 e. The van der Waals surface area contributed by atoms with Gasteiger partial charge in [0.2, 0.25) is 0 Å². The Morgan fingerprint density at radius 3 is 2.61 bits per heavy atom. The van der Waals surface area contributed by atoms with Crippen molar-refractivity contribution in [2.75, 3.05) is 13.7 Å². The molecule has 0 unspecified atom stereocenters. The predicted octanol–water partition coefficient (Wildman–Crippen LogP) is 5.25. The first kappa shape index (κ1) is 21.0. The fraction of sp³-hybridized carbons (Fsp3) is 0.250. The van der Waals surface area contributed by atoms with Crippen LogP contribution < -0.4 is 14.9 Å². The molecule has 4 rings (SSSR count). The summed E-state index contributed by atoms with van der Waals surface area (Å²) in [5.74, 6) is 1.97. The summed E-state index contributed by atoms with van der Waals surface area (Å²) in [5, 5.41) is 2.54. The third-order valence-electron chi connectivity index (χ3n) is 4.92. The van der Waals surface area contributed by atoms with Gasteiger partial charge in [-0.05, 0) is 32.9 Å². The number of ether oxygens (including phenoxy) is 2. The number of fused-ring (bicyclic) bond motifs is 2. The first-order valence-corrected chi connectivity index (χ1v) is 10.5. The van der Waals surface area contributed by atoms with Crippen LogP contribution in [0.5, 0.6) is 11.5 Å². The summed E-state index contributed by atoms with van der Waals surface area (Å²) in [6.07, 6.45) is 1.80. The Morgan fingerprint density at radius 1 is 1.16 bits per heavy atom. The maximum atomic E-state index is 6.59. The summed E-state index contributed by atoms with van der Waals surface area (Å²) < 4.78 is 11.6. The highest BCUT2D eigenvalue weighted by Crippen LogP contribution is 2.40. The molecule has 0 atom stereocenters. The number of allylic oxidation sites excluding steroid dienone is 1. The summed E-state index contributed by atoms with van der Waals surface area (Å²) in [4.78, 5) is 10.0. The van der Waals surface area contributed by atoms with Gasteiger partial charge in [0, 0.05) is 22.2 Å². The monoisotopic (exact) mass is 436 g/mol. The summed E-state index contributed by atoms with van der Waals surface area (Å²) in [6, 6.07) is 11.5. The van der Waals surface area contributed by atoms with Crippen LogP contribution in [0.2, 0.25) is 5.02 Å². The standard InChI is InChI=1S/C24H25ClN4O2/c1-6-11-29-24-22(15(4)28-29)27-23(16-9-7-8-10-18(16)25)17-12-21(31-14(2)3)20(30-5)13-19(17)26-24/h6-10,12-14,28H,1,11H2,2-5H3. The Hall–Kier alpha value is -3.25. The molecule has 2 aromatic carbocycles. The fourth-order valence-electron chi connectivity index (χ4n) is 3.59. The maximum absolute atomic E-state index is 6.59. The lowest BCUT2D eigenvalue weighted by Gasteiger charge is -2.19. The molecule has 0 bridgehead atoms. The molecule has 31 heavy (non-hydrogen) atoms. The average Bonchev–Trinajstić information content (AvgIpc) is 2.91. The number of amidine groups is 1. The minimum atomic E-state index is -0.0126. The number of benzene rings is 2. The van der Waals surface area contributed by atoms with Gasteiger partial charge < -0.3 is 9.47 Å². The first-order valence-electron chi connectivity index (χ1n) is 10.1. The lowest BCUT2D eigenvalue weighted by atomic mass is 9.99. The van der Waals surface area contributed by atoms with Crippen LogP contribution in [0.3, 0.4) is 0 Å². The van der Waals surface area contributed by atoms with Crippen LogP contribution in [0.4, 0.5) is 5.69 Å². The topological polar surface area (TPSA) is 58.5 Å². The molecule has 2 aliphatic rings. The zero-order chi connectivity index (χ0) is 22.1. The highest BCUT2D eigenvalue weighted by Gasteiger charge is 2.31. The molecule has 2 aliphatic heterocycles. The van der Waals surface area contributed by atoms with Gasteiger partial charge >= 0.3 is 0 Å². The number of nitrogens with one attached hydrogen (secondary N) is 1. The number of hydrogen-bond acceptors (Lipinski definition) is 6. The number of aliphatic imine (C=N–C) groups is 2. The molecule has 0 amide bonds. The lowest BCUT2D eigenvalue weighted by Crippen LogP contribution is -2.35. The molecule has 0 radical (unpaired) electrons. The summed E-state index contributed by atoms with van der Waals surface area (Å²) in [6.45, 7) is 10.4. The number of hydrogen-bond donors (Lipinski definition) is 1. The van der Waals surface area contributed by atoms with E-state index in [1.54, 1.807) is 7.11 Å². The van der Waals surface area contributed by atoms with Crippen molar-refractivity contribution >= 4 is 28.8 Å². The van der Waals surface area contributed by atoms with Crippen molar-refractivity contribution in [3.8, 4) is 11.5 Å². The Morgan fingerprint density at radius 2 is 1.94 bits per heavy atom. The van der Waals surface area contributed by atoms with Crippen LogP contribution in [-0.2, 0) is 0 Å². The summed E-state index contributed by atoms with van der Waals surface area (Å²) in [7, 11) is 1.62. The zero-order valence-corrected chi connectivity index (χ0v) is 18.8. The minimum Gasteiger partial charge on any atom is -0.493 e. The Balaban J connectivity index is 2.01. The van der Waals surface area contributed by atoms with Gasteiger partial charge in [0.1, 0.15) is 5.70 Å². The predicted molar refractivity (Wildman–Crippen MR) is 126 cm³/mol. The smallest absolute Gasteiger partial charge is 0.176 e. The summed E-state index contributed by atoms with van der Waals surface area (Å²) in [5.41, 5.74) is 8.09. The quantitative estimate of drug-likeness (QED) is 0.628. The molecule has 2 heterocycles. The Bertz CT molecular complexity index is 1130. The van der Waals surface area contributed by atoms with E-state index in [9.17, 15) is 0 Å². The molecule has 2 aromatic rings. The SMILES string of the molecule is C=CCN1NC(C)=C2N=C(c3ccccc3Cl)c3cc(OC(C)C)c(OC)cc3N=C21. The van der Waals surface area contributed by atoms with Gasteiger partial charge in [-0.25, -0.2) is 9.98 Å². The van der Waals surface area contributed by atoms with Crippen LogP contribution in [0, 0.1) is 0 Å². The number of halogens is 1. The molecule has 0 aliphatic carbocycles. The van der Waals surface area contributed by atoms with Crippen LogP contribution in [-0.4, -0.2) is 36.3 Å². The van der Waals surface area contributed by atoms with E-state index in [1.165, 1.54) is 0 Å². The van der Waals surface area contributed by atoms with Crippen molar-refractivity contribution < 1.29 is 9.47 Å². The largest absolute Gasteiger partial charge is 0.493 e. The van der Waals surface area contributed by atoms with E-state index in [0.29, 0.717) is 23.1 Å². The van der Waals surface area contributed by atoms with E-state index in [2.05, 4.69) is 12.0 Å². The van der Waals surface area contributed by atoms with Gasteiger partial charge in [-0.15, -0.1) is 6.58 Å². The van der Waals surface area contributed by atoms with Crippen molar-refractivity contribution in [2.45, 2.75) is 26.9 Å². The van der Waals surface area contributed by atoms with Crippen molar-refractivity contribution in [2.24, 2.45) is 9.98 Å². The third kappa shape index (κ3) is 3.91. The molecule has 160 valence electrons. The van der Waals surface area contributed by atoms with Gasteiger partial charge in [0.05, 0.1) is 36.9 Å². The minimum absolute atomic E-state index is 0.0126. The fourth-order valence-corrected chi connectivity index (χ4v) is 3.82. The molecule has 6 nitrogen and oxygen atoms in total. The molecular weight excluding hydrogens is 412 g/mol. The van der Waals surface area contributed by atoms with Crippen LogP contribution in [0.1, 0.15) is 31.9 Å².